The summed E-state index contributed by atoms with van der Waals surface area (Å²) in [6, 6.07) is 8.88. The van der Waals surface area contributed by atoms with Crippen LogP contribution < -0.4 is 15.4 Å². The minimum atomic E-state index is -0.381. The summed E-state index contributed by atoms with van der Waals surface area (Å²) in [5.41, 5.74) is 0.861. The number of amides is 1. The van der Waals surface area contributed by atoms with Gasteiger partial charge in [-0.05, 0) is 37.3 Å². The lowest BCUT2D eigenvalue weighted by Gasteiger charge is -2.02. The molecule has 2 aromatic heterocycles. The summed E-state index contributed by atoms with van der Waals surface area (Å²) < 4.78 is 2.45. The van der Waals surface area contributed by atoms with Gasteiger partial charge >= 0.3 is 0 Å². The number of benzene rings is 1. The number of rotatable bonds is 3. The van der Waals surface area contributed by atoms with Gasteiger partial charge in [0.05, 0.1) is 10.9 Å². The lowest BCUT2D eigenvalue weighted by Crippen LogP contribution is -2.22. The first-order chi connectivity index (χ1) is 13.0. The lowest BCUT2D eigenvalue weighted by molar-refractivity contribution is -0.112. The van der Waals surface area contributed by atoms with Gasteiger partial charge in [-0.15, -0.1) is 0 Å². The Morgan fingerprint density at radius 3 is 2.93 bits per heavy atom. The van der Waals surface area contributed by atoms with E-state index in [2.05, 4.69) is 30.9 Å². The molecule has 27 heavy (non-hydrogen) atoms. The smallest absolute Gasteiger partial charge is 0.279 e. The number of halogens is 2. The number of fused-ring (bicyclic) bond motifs is 1. The van der Waals surface area contributed by atoms with Crippen molar-refractivity contribution in [2.24, 2.45) is 9.98 Å². The first-order valence-electron chi connectivity index (χ1n) is 8.00. The number of nitrogens with zero attached hydrogens (tertiary/aromatic N) is 4. The molecular weight excluding hydrogens is 452 g/mol. The quantitative estimate of drug-likeness (QED) is 0.607. The molecule has 1 amide bonds. The molecule has 0 saturated carbocycles. The van der Waals surface area contributed by atoms with E-state index in [0.29, 0.717) is 38.1 Å². The van der Waals surface area contributed by atoms with Gasteiger partial charge in [0.15, 0.2) is 9.95 Å². The first-order valence-corrected chi connectivity index (χ1v) is 9.99. The summed E-state index contributed by atoms with van der Waals surface area (Å²) in [6.07, 6.45) is 1.58. The van der Waals surface area contributed by atoms with Crippen molar-refractivity contribution in [1.29, 1.82) is 0 Å². The number of hydrogen-bond acceptors (Lipinski definition) is 5. The van der Waals surface area contributed by atoms with Crippen molar-refractivity contribution in [3.05, 3.63) is 66.4 Å². The second kappa shape index (κ2) is 7.03. The number of pyridine rings is 1. The van der Waals surface area contributed by atoms with Crippen LogP contribution in [0.25, 0.3) is 5.57 Å². The number of hydrogen-bond donors (Lipinski definition) is 1. The molecule has 0 saturated heterocycles. The molecule has 0 fully saturated rings. The second-order valence-corrected chi connectivity index (χ2v) is 7.91. The predicted octanol–water partition coefficient (Wildman–Crippen LogP) is 2.68. The molecule has 0 radical (unpaired) electrons. The molecule has 1 aliphatic heterocycles. The molecule has 1 aromatic carbocycles. The summed E-state index contributed by atoms with van der Waals surface area (Å²) in [4.78, 5) is 26.1. The van der Waals surface area contributed by atoms with Crippen LogP contribution in [0.5, 0.6) is 5.88 Å². The maximum Gasteiger partial charge on any atom is 0.279 e. The zero-order valence-electron chi connectivity index (χ0n) is 14.0. The second-order valence-electron chi connectivity index (χ2n) is 5.66. The van der Waals surface area contributed by atoms with Crippen LogP contribution in [0.4, 0.5) is 5.69 Å². The van der Waals surface area contributed by atoms with Gasteiger partial charge in [-0.2, -0.15) is 0 Å². The van der Waals surface area contributed by atoms with Crippen molar-refractivity contribution in [3.8, 4) is 5.88 Å². The minimum absolute atomic E-state index is 0.0207. The Kier molecular flexibility index (Phi) is 4.71. The van der Waals surface area contributed by atoms with E-state index in [1.807, 2.05) is 19.1 Å². The van der Waals surface area contributed by atoms with Crippen LogP contribution in [-0.4, -0.2) is 20.6 Å². The molecule has 0 aliphatic carbocycles. The third-order valence-electron chi connectivity index (χ3n) is 4.05. The summed E-state index contributed by atoms with van der Waals surface area (Å²) >= 11 is 10.7. The fourth-order valence-corrected chi connectivity index (χ4v) is 4.48. The molecule has 3 heterocycles. The largest absolute Gasteiger partial charge is 0.493 e. The molecule has 4 rings (SSSR count). The van der Waals surface area contributed by atoms with Crippen molar-refractivity contribution in [3.63, 3.8) is 0 Å². The summed E-state index contributed by atoms with van der Waals surface area (Å²) in [5, 5.41) is 12.3. The third kappa shape index (κ3) is 3.13. The van der Waals surface area contributed by atoms with Crippen LogP contribution in [-0.2, 0) is 11.3 Å². The fourth-order valence-electron chi connectivity index (χ4n) is 2.81. The summed E-state index contributed by atoms with van der Waals surface area (Å²) in [5.74, 6) is -0.401. The maximum absolute atomic E-state index is 12.5. The highest BCUT2D eigenvalue weighted by Crippen LogP contribution is 2.29. The molecule has 0 unspecified atom stereocenters. The molecule has 9 heteroatoms. The Morgan fingerprint density at radius 1 is 1.37 bits per heavy atom. The molecule has 0 spiro atoms. The Labute approximate surface area is 171 Å². The Morgan fingerprint density at radius 2 is 2.19 bits per heavy atom. The van der Waals surface area contributed by atoms with Crippen LogP contribution in [0.2, 0.25) is 5.15 Å². The SMILES string of the molecule is CCn1c(O)c(C2=c3cc(Br)ccc3=NC2=O)sc1=Nc1cccnc1Cl. The minimum Gasteiger partial charge on any atom is -0.493 e. The van der Waals surface area contributed by atoms with Crippen LogP contribution in [0.1, 0.15) is 11.8 Å². The molecule has 3 aromatic rings. The van der Waals surface area contributed by atoms with Crippen molar-refractivity contribution in [2.45, 2.75) is 13.5 Å². The van der Waals surface area contributed by atoms with E-state index in [1.54, 1.807) is 29.0 Å². The van der Waals surface area contributed by atoms with E-state index in [0.717, 1.165) is 4.47 Å². The molecule has 0 atom stereocenters. The van der Waals surface area contributed by atoms with Crippen molar-refractivity contribution in [2.75, 3.05) is 0 Å². The van der Waals surface area contributed by atoms with Gasteiger partial charge < -0.3 is 5.11 Å². The average Bonchev–Trinajstić information content (AvgIpc) is 3.12. The predicted molar refractivity (Wildman–Crippen MR) is 107 cm³/mol. The van der Waals surface area contributed by atoms with E-state index in [-0.39, 0.29) is 16.9 Å². The van der Waals surface area contributed by atoms with Crippen LogP contribution in [0.3, 0.4) is 0 Å². The highest BCUT2D eigenvalue weighted by molar-refractivity contribution is 9.10. The highest BCUT2D eigenvalue weighted by Gasteiger charge is 2.25. The topological polar surface area (TPSA) is 79.8 Å². The molecule has 1 aliphatic rings. The van der Waals surface area contributed by atoms with E-state index in [4.69, 9.17) is 11.6 Å². The third-order valence-corrected chi connectivity index (χ3v) is 5.92. The normalized spacial score (nSPS) is 13.8. The highest BCUT2D eigenvalue weighted by atomic mass is 79.9. The lowest BCUT2D eigenvalue weighted by atomic mass is 10.1. The van der Waals surface area contributed by atoms with Gasteiger partial charge in [-0.25, -0.2) is 15.0 Å². The molecule has 1 N–H and O–H groups in total. The Balaban J connectivity index is 2.01. The van der Waals surface area contributed by atoms with Crippen LogP contribution in [0.15, 0.2) is 51.0 Å². The van der Waals surface area contributed by atoms with E-state index >= 15 is 0 Å². The Hall–Kier alpha value is -2.29. The van der Waals surface area contributed by atoms with Gasteiger partial charge in [0.25, 0.3) is 5.91 Å². The van der Waals surface area contributed by atoms with Crippen LogP contribution >= 0.6 is 38.9 Å². The number of carbonyl (C=O) groups is 1. The van der Waals surface area contributed by atoms with Gasteiger partial charge in [-0.3, -0.25) is 9.36 Å². The van der Waals surface area contributed by atoms with Crippen LogP contribution in [0, 0.1) is 0 Å². The van der Waals surface area contributed by atoms with Crippen molar-refractivity contribution in [1.82, 2.24) is 9.55 Å². The number of aromatic nitrogens is 2. The monoisotopic (exact) mass is 462 g/mol. The van der Waals surface area contributed by atoms with E-state index in [9.17, 15) is 9.90 Å². The number of aromatic hydroxyl groups is 1. The summed E-state index contributed by atoms with van der Waals surface area (Å²) in [7, 11) is 0. The fraction of sp³-hybridized carbons (Fsp3) is 0.111. The molecular formula is C18H12BrClN4O2S. The van der Waals surface area contributed by atoms with E-state index < -0.39 is 0 Å². The van der Waals surface area contributed by atoms with Gasteiger partial charge in [0.1, 0.15) is 10.6 Å². The Bertz CT molecular complexity index is 1280. The average molecular weight is 464 g/mol. The molecule has 0 bridgehead atoms. The first kappa shape index (κ1) is 18.1. The number of thiazole rings is 1. The van der Waals surface area contributed by atoms with E-state index in [1.165, 1.54) is 11.3 Å². The van der Waals surface area contributed by atoms with Gasteiger partial charge in [0.2, 0.25) is 5.88 Å². The summed E-state index contributed by atoms with van der Waals surface area (Å²) in [6.45, 7) is 2.36. The number of carbonyl (C=O) groups excluding carboxylic acids is 1. The molecule has 136 valence electrons. The standard InChI is InChI=1S/C18H12BrClN4O2S/c1-2-24-17(26)14(27-18(24)23-12-4-3-7-21-15(12)20)13-10-8-9(19)5-6-11(10)22-16(13)25/h3-8,26H,2H2,1H3. The van der Waals surface area contributed by atoms with Crippen molar-refractivity contribution < 1.29 is 9.90 Å². The zero-order valence-corrected chi connectivity index (χ0v) is 17.1. The van der Waals surface area contributed by atoms with Gasteiger partial charge in [-0.1, -0.05) is 38.9 Å². The van der Waals surface area contributed by atoms with Gasteiger partial charge in [0, 0.05) is 22.4 Å². The van der Waals surface area contributed by atoms with Crippen molar-refractivity contribution >= 4 is 56.0 Å². The maximum atomic E-state index is 12.5. The molecule has 6 nitrogen and oxygen atoms in total. The zero-order chi connectivity index (χ0) is 19.1.